The number of rotatable bonds is 13. The van der Waals surface area contributed by atoms with E-state index in [1.807, 2.05) is 0 Å². The molecule has 0 aromatic carbocycles. The number of hydrogen-bond acceptors (Lipinski definition) is 0. The molecule has 0 aliphatic carbocycles. The summed E-state index contributed by atoms with van der Waals surface area (Å²) in [7, 11) is 0. The summed E-state index contributed by atoms with van der Waals surface area (Å²) >= 11 is 0. The first-order valence-corrected chi connectivity index (χ1v) is 7.97. The molecule has 0 aliphatic rings. The highest BCUT2D eigenvalue weighted by Crippen LogP contribution is 2.10. The van der Waals surface area contributed by atoms with Gasteiger partial charge in [-0.3, -0.25) is 0 Å². The Morgan fingerprint density at radius 3 is 1.72 bits per heavy atom. The van der Waals surface area contributed by atoms with Crippen molar-refractivity contribution in [2.75, 3.05) is 0 Å². The van der Waals surface area contributed by atoms with E-state index in [9.17, 15) is 0 Å². The number of allylic oxidation sites excluding steroid dienone is 4. The van der Waals surface area contributed by atoms with E-state index in [1.54, 1.807) is 0 Å². The number of unbranched alkanes of at least 4 members (excludes halogenated alkanes) is 10. The minimum absolute atomic E-state index is 1.11. The Morgan fingerprint density at radius 1 is 0.611 bits per heavy atom. The maximum Gasteiger partial charge on any atom is -0.0316 e. The van der Waals surface area contributed by atoms with E-state index in [0.717, 1.165) is 6.42 Å². The van der Waals surface area contributed by atoms with E-state index in [4.69, 9.17) is 0 Å². The quantitative estimate of drug-likeness (QED) is 0.254. The molecule has 0 saturated heterocycles. The maximum absolute atomic E-state index is 3.87. The van der Waals surface area contributed by atoms with Crippen LogP contribution in [0.4, 0.5) is 0 Å². The molecule has 0 bridgehead atoms. The summed E-state index contributed by atoms with van der Waals surface area (Å²) in [5.41, 5.74) is 0. The number of hydrogen-bond donors (Lipinski definition) is 0. The lowest BCUT2D eigenvalue weighted by Crippen LogP contribution is -1.80. The molecule has 0 nitrogen and oxygen atoms in total. The molecule has 0 fully saturated rings. The van der Waals surface area contributed by atoms with Gasteiger partial charge in [-0.1, -0.05) is 82.6 Å². The van der Waals surface area contributed by atoms with Crippen LogP contribution in [0.2, 0.25) is 0 Å². The van der Waals surface area contributed by atoms with Gasteiger partial charge in [-0.25, -0.2) is 0 Å². The third kappa shape index (κ3) is 15.5. The minimum Gasteiger partial charge on any atom is -0.0917 e. The van der Waals surface area contributed by atoms with E-state index in [1.165, 1.54) is 70.6 Å². The molecule has 0 aliphatic heterocycles. The largest absolute Gasteiger partial charge is 0.0917 e. The molecule has 0 N–H and O–H groups in total. The summed E-state index contributed by atoms with van der Waals surface area (Å²) < 4.78 is 0. The zero-order chi connectivity index (χ0) is 13.3. The molecule has 0 heterocycles. The zero-order valence-corrected chi connectivity index (χ0v) is 12.5. The van der Waals surface area contributed by atoms with E-state index < -0.39 is 0 Å². The fourth-order valence-electron chi connectivity index (χ4n) is 2.09. The molecule has 0 unspecified atom stereocenters. The summed E-state index contributed by atoms with van der Waals surface area (Å²) in [6.45, 7) is 5.96. The van der Waals surface area contributed by atoms with Gasteiger partial charge in [0.2, 0.25) is 0 Å². The summed E-state index contributed by atoms with van der Waals surface area (Å²) in [6.07, 6.45) is 25.0. The fraction of sp³-hybridized carbons (Fsp3) is 0.722. The maximum atomic E-state index is 3.87. The van der Waals surface area contributed by atoms with Crippen molar-refractivity contribution in [3.63, 3.8) is 0 Å². The Balaban J connectivity index is 3.02. The van der Waals surface area contributed by atoms with Gasteiger partial charge in [0.1, 0.15) is 0 Å². The molecule has 0 atom stereocenters. The lowest BCUT2D eigenvalue weighted by atomic mass is 10.1. The summed E-state index contributed by atoms with van der Waals surface area (Å²) in [5.74, 6) is 0. The standard InChI is InChI=1S/C18H33/c1-3-5-7-9-11-13-15-17-18-16-14-12-10-8-6-4-2/h4,6,12,14H,1,3,5,7-11,13,15-18H2,2H3. The van der Waals surface area contributed by atoms with E-state index in [2.05, 4.69) is 38.2 Å². The van der Waals surface area contributed by atoms with Crippen LogP contribution in [-0.2, 0) is 0 Å². The fourth-order valence-corrected chi connectivity index (χ4v) is 2.09. The van der Waals surface area contributed by atoms with E-state index in [0.29, 0.717) is 0 Å². The highest BCUT2D eigenvalue weighted by Gasteiger charge is 1.91. The van der Waals surface area contributed by atoms with Crippen LogP contribution < -0.4 is 0 Å². The second-order valence-electron chi connectivity index (χ2n) is 5.09. The Hall–Kier alpha value is -0.520. The molecule has 105 valence electrons. The van der Waals surface area contributed by atoms with Crippen LogP contribution in [0.1, 0.15) is 84.0 Å². The van der Waals surface area contributed by atoms with Crippen molar-refractivity contribution in [3.8, 4) is 0 Å². The van der Waals surface area contributed by atoms with Crippen LogP contribution in [0, 0.1) is 6.92 Å². The second-order valence-corrected chi connectivity index (χ2v) is 5.09. The van der Waals surface area contributed by atoms with Gasteiger partial charge in [0.25, 0.3) is 0 Å². The lowest BCUT2D eigenvalue weighted by Gasteiger charge is -2.00. The molecule has 0 aromatic heterocycles. The van der Waals surface area contributed by atoms with Gasteiger partial charge in [-0.15, -0.1) is 0 Å². The third-order valence-electron chi connectivity index (χ3n) is 3.27. The SMILES string of the molecule is [CH2]CCCCCCCCCCC=CCCC=CC. The van der Waals surface area contributed by atoms with Gasteiger partial charge >= 0.3 is 0 Å². The van der Waals surface area contributed by atoms with Crippen molar-refractivity contribution >= 4 is 0 Å². The Labute approximate surface area is 116 Å². The lowest BCUT2D eigenvalue weighted by molar-refractivity contribution is 0.571. The predicted octanol–water partition coefficient (Wildman–Crippen LogP) is 6.63. The molecule has 0 rings (SSSR count). The van der Waals surface area contributed by atoms with Gasteiger partial charge in [-0.05, 0) is 32.6 Å². The molecular formula is C18H33. The Kier molecular flexibility index (Phi) is 16.0. The first kappa shape index (κ1) is 17.5. The molecule has 0 spiro atoms. The van der Waals surface area contributed by atoms with Crippen molar-refractivity contribution in [2.45, 2.75) is 84.0 Å². The predicted molar refractivity (Wildman–Crippen MR) is 84.7 cm³/mol. The second kappa shape index (κ2) is 16.5. The average molecular weight is 249 g/mol. The molecular weight excluding hydrogens is 216 g/mol. The molecule has 0 saturated carbocycles. The molecule has 1 radical (unpaired) electrons. The Morgan fingerprint density at radius 2 is 1.11 bits per heavy atom. The normalized spacial score (nSPS) is 11.9. The van der Waals surface area contributed by atoms with E-state index >= 15 is 0 Å². The minimum atomic E-state index is 1.11. The van der Waals surface area contributed by atoms with Crippen molar-refractivity contribution < 1.29 is 0 Å². The van der Waals surface area contributed by atoms with Crippen LogP contribution in [0.3, 0.4) is 0 Å². The van der Waals surface area contributed by atoms with Gasteiger partial charge in [-0.2, -0.15) is 0 Å². The topological polar surface area (TPSA) is 0 Å². The van der Waals surface area contributed by atoms with Crippen LogP contribution in [0.5, 0.6) is 0 Å². The molecule has 0 aromatic rings. The summed E-state index contributed by atoms with van der Waals surface area (Å²) in [5, 5.41) is 0. The first-order chi connectivity index (χ1) is 8.91. The van der Waals surface area contributed by atoms with Crippen molar-refractivity contribution in [1.29, 1.82) is 0 Å². The van der Waals surface area contributed by atoms with Gasteiger partial charge in [0.05, 0.1) is 0 Å². The van der Waals surface area contributed by atoms with Gasteiger partial charge in [0, 0.05) is 0 Å². The van der Waals surface area contributed by atoms with Crippen molar-refractivity contribution in [2.24, 2.45) is 0 Å². The third-order valence-corrected chi connectivity index (χ3v) is 3.27. The van der Waals surface area contributed by atoms with Gasteiger partial charge < -0.3 is 0 Å². The van der Waals surface area contributed by atoms with Crippen molar-refractivity contribution in [3.05, 3.63) is 31.2 Å². The zero-order valence-electron chi connectivity index (χ0n) is 12.5. The monoisotopic (exact) mass is 249 g/mol. The molecule has 18 heavy (non-hydrogen) atoms. The van der Waals surface area contributed by atoms with Gasteiger partial charge in [0.15, 0.2) is 0 Å². The summed E-state index contributed by atoms with van der Waals surface area (Å²) in [6, 6.07) is 0. The van der Waals surface area contributed by atoms with Crippen LogP contribution >= 0.6 is 0 Å². The first-order valence-electron chi connectivity index (χ1n) is 7.97. The molecule has 0 amide bonds. The summed E-state index contributed by atoms with van der Waals surface area (Å²) in [4.78, 5) is 0. The highest BCUT2D eigenvalue weighted by molar-refractivity contribution is 4.86. The molecule has 0 heteroatoms. The van der Waals surface area contributed by atoms with E-state index in [-0.39, 0.29) is 0 Å². The van der Waals surface area contributed by atoms with Crippen LogP contribution in [0.15, 0.2) is 24.3 Å². The average Bonchev–Trinajstić information content (AvgIpc) is 2.39. The van der Waals surface area contributed by atoms with Crippen LogP contribution in [-0.4, -0.2) is 0 Å². The van der Waals surface area contributed by atoms with Crippen LogP contribution in [0.25, 0.3) is 0 Å². The Bertz CT molecular complexity index is 188. The van der Waals surface area contributed by atoms with Crippen molar-refractivity contribution in [1.82, 2.24) is 0 Å². The highest BCUT2D eigenvalue weighted by atomic mass is 14.0. The smallest absolute Gasteiger partial charge is 0.0316 e.